The minimum atomic E-state index is 0.0272. The molecule has 0 heterocycles. The molecule has 0 aliphatic heterocycles. The van der Waals surface area contributed by atoms with Crippen molar-refractivity contribution in [2.24, 2.45) is 17.8 Å². The predicted molar refractivity (Wildman–Crippen MR) is 54.5 cm³/mol. The smallest absolute Gasteiger partial charge is 0.0543 e. The molecule has 0 aromatic rings. The number of aliphatic hydroxyl groups excluding tert-OH is 1. The first-order valence-electron chi connectivity index (χ1n) is 5.97. The third-order valence-corrected chi connectivity index (χ3v) is 4.27. The van der Waals surface area contributed by atoms with Crippen LogP contribution in [0.25, 0.3) is 0 Å². The van der Waals surface area contributed by atoms with Crippen molar-refractivity contribution in [2.75, 3.05) is 0 Å². The van der Waals surface area contributed by atoms with Gasteiger partial charge in [0.1, 0.15) is 0 Å². The summed E-state index contributed by atoms with van der Waals surface area (Å²) in [6.45, 7) is 2.32. The summed E-state index contributed by atoms with van der Waals surface area (Å²) in [7, 11) is 0. The van der Waals surface area contributed by atoms with E-state index in [2.05, 4.69) is 6.92 Å². The Hall–Kier alpha value is -0.0400. The van der Waals surface area contributed by atoms with Gasteiger partial charge in [0.15, 0.2) is 0 Å². The highest BCUT2D eigenvalue weighted by Gasteiger charge is 2.34. The van der Waals surface area contributed by atoms with Crippen LogP contribution in [0.3, 0.4) is 0 Å². The third-order valence-electron chi connectivity index (χ3n) is 4.27. The molecule has 2 rings (SSSR count). The van der Waals surface area contributed by atoms with E-state index < -0.39 is 0 Å². The fourth-order valence-corrected chi connectivity index (χ4v) is 3.33. The maximum absolute atomic E-state index is 9.57. The van der Waals surface area contributed by atoms with Gasteiger partial charge >= 0.3 is 0 Å². The first kappa shape index (κ1) is 9.51. The maximum Gasteiger partial charge on any atom is 0.0543 e. The monoisotopic (exact) mass is 182 g/mol. The zero-order valence-electron chi connectivity index (χ0n) is 8.71. The van der Waals surface area contributed by atoms with Crippen LogP contribution in [-0.2, 0) is 0 Å². The standard InChI is InChI=1S/C12H22O/c1-2-9-3-4-11-8-12(13)6-5-10(11)7-9/h9-13H,2-8H2,1H3. The lowest BCUT2D eigenvalue weighted by Gasteiger charge is -2.40. The lowest BCUT2D eigenvalue weighted by atomic mass is 9.66. The van der Waals surface area contributed by atoms with E-state index in [1.54, 1.807) is 0 Å². The van der Waals surface area contributed by atoms with Crippen LogP contribution in [-0.4, -0.2) is 11.2 Å². The van der Waals surface area contributed by atoms with E-state index in [4.69, 9.17) is 0 Å². The van der Waals surface area contributed by atoms with Crippen molar-refractivity contribution in [3.8, 4) is 0 Å². The van der Waals surface area contributed by atoms with Gasteiger partial charge in [-0.05, 0) is 49.9 Å². The Balaban J connectivity index is 1.90. The number of rotatable bonds is 1. The number of aliphatic hydroxyl groups is 1. The van der Waals surface area contributed by atoms with Crippen LogP contribution in [0.1, 0.15) is 51.9 Å². The number of fused-ring (bicyclic) bond motifs is 1. The molecule has 4 atom stereocenters. The summed E-state index contributed by atoms with van der Waals surface area (Å²) in [5.74, 6) is 2.82. The van der Waals surface area contributed by atoms with Gasteiger partial charge in [-0.2, -0.15) is 0 Å². The second kappa shape index (κ2) is 4.00. The minimum absolute atomic E-state index is 0.0272. The second-order valence-electron chi connectivity index (χ2n) is 5.07. The normalized spacial score (nSPS) is 45.7. The second-order valence-corrected chi connectivity index (χ2v) is 5.07. The molecule has 2 saturated carbocycles. The SMILES string of the molecule is CCC1CCC2CC(O)CCC2C1. The van der Waals surface area contributed by atoms with E-state index in [-0.39, 0.29) is 6.10 Å². The topological polar surface area (TPSA) is 20.2 Å². The average molecular weight is 182 g/mol. The Labute approximate surface area is 81.5 Å². The zero-order valence-corrected chi connectivity index (χ0v) is 8.71. The highest BCUT2D eigenvalue weighted by molar-refractivity contribution is 4.85. The molecule has 13 heavy (non-hydrogen) atoms. The first-order chi connectivity index (χ1) is 6.29. The molecule has 76 valence electrons. The fraction of sp³-hybridized carbons (Fsp3) is 1.00. The molecule has 0 saturated heterocycles. The summed E-state index contributed by atoms with van der Waals surface area (Å²) < 4.78 is 0. The van der Waals surface area contributed by atoms with E-state index >= 15 is 0 Å². The van der Waals surface area contributed by atoms with Gasteiger partial charge in [-0.3, -0.25) is 0 Å². The first-order valence-corrected chi connectivity index (χ1v) is 5.97. The Morgan fingerprint density at radius 1 is 1.00 bits per heavy atom. The number of hydrogen-bond donors (Lipinski definition) is 1. The van der Waals surface area contributed by atoms with Crippen LogP contribution in [0.5, 0.6) is 0 Å². The summed E-state index contributed by atoms with van der Waals surface area (Å²) in [4.78, 5) is 0. The van der Waals surface area contributed by atoms with Crippen LogP contribution >= 0.6 is 0 Å². The van der Waals surface area contributed by atoms with Gasteiger partial charge in [-0.15, -0.1) is 0 Å². The van der Waals surface area contributed by atoms with E-state index in [9.17, 15) is 5.11 Å². The van der Waals surface area contributed by atoms with Crippen molar-refractivity contribution >= 4 is 0 Å². The van der Waals surface area contributed by atoms with Crippen LogP contribution < -0.4 is 0 Å². The number of hydrogen-bond acceptors (Lipinski definition) is 1. The largest absolute Gasteiger partial charge is 0.393 e. The molecule has 0 bridgehead atoms. The Bertz CT molecular complexity index is 167. The van der Waals surface area contributed by atoms with Crippen molar-refractivity contribution in [2.45, 2.75) is 58.0 Å². The minimum Gasteiger partial charge on any atom is -0.393 e. The molecule has 2 fully saturated rings. The molecule has 1 heteroatoms. The molecule has 0 spiro atoms. The van der Waals surface area contributed by atoms with E-state index in [0.29, 0.717) is 0 Å². The summed E-state index contributed by atoms with van der Waals surface area (Å²) >= 11 is 0. The molecular weight excluding hydrogens is 160 g/mol. The fourth-order valence-electron chi connectivity index (χ4n) is 3.33. The van der Waals surface area contributed by atoms with Gasteiger partial charge < -0.3 is 5.11 Å². The molecule has 4 unspecified atom stereocenters. The van der Waals surface area contributed by atoms with Gasteiger partial charge in [0.05, 0.1) is 6.10 Å². The van der Waals surface area contributed by atoms with Crippen molar-refractivity contribution in [3.63, 3.8) is 0 Å². The van der Waals surface area contributed by atoms with E-state index in [1.165, 1.54) is 32.1 Å². The lowest BCUT2D eigenvalue weighted by molar-refractivity contribution is 0.0347. The molecule has 2 aliphatic carbocycles. The highest BCUT2D eigenvalue weighted by atomic mass is 16.3. The summed E-state index contributed by atoms with van der Waals surface area (Å²) in [6, 6.07) is 0. The van der Waals surface area contributed by atoms with Crippen LogP contribution in [0.4, 0.5) is 0 Å². The molecule has 1 nitrogen and oxygen atoms in total. The predicted octanol–water partition coefficient (Wildman–Crippen LogP) is 2.97. The molecule has 1 N–H and O–H groups in total. The highest BCUT2D eigenvalue weighted by Crippen LogP contribution is 2.43. The van der Waals surface area contributed by atoms with E-state index in [1.807, 2.05) is 0 Å². The Morgan fingerprint density at radius 2 is 1.69 bits per heavy atom. The van der Waals surface area contributed by atoms with Crippen molar-refractivity contribution in [1.29, 1.82) is 0 Å². The third kappa shape index (κ3) is 2.07. The Morgan fingerprint density at radius 3 is 2.46 bits per heavy atom. The van der Waals surface area contributed by atoms with Gasteiger partial charge in [-0.25, -0.2) is 0 Å². The van der Waals surface area contributed by atoms with Crippen LogP contribution in [0.15, 0.2) is 0 Å². The summed E-state index contributed by atoms with van der Waals surface area (Å²) in [6.07, 6.45) is 9.12. The van der Waals surface area contributed by atoms with Gasteiger partial charge in [-0.1, -0.05) is 19.8 Å². The van der Waals surface area contributed by atoms with Crippen molar-refractivity contribution < 1.29 is 5.11 Å². The molecular formula is C12H22O. The van der Waals surface area contributed by atoms with Gasteiger partial charge in [0.25, 0.3) is 0 Å². The maximum atomic E-state index is 9.57. The molecule has 0 aromatic heterocycles. The zero-order chi connectivity index (χ0) is 9.26. The molecule has 0 amide bonds. The summed E-state index contributed by atoms with van der Waals surface area (Å²) in [5.41, 5.74) is 0. The van der Waals surface area contributed by atoms with Crippen LogP contribution in [0.2, 0.25) is 0 Å². The van der Waals surface area contributed by atoms with Gasteiger partial charge in [0.2, 0.25) is 0 Å². The van der Waals surface area contributed by atoms with Crippen LogP contribution in [0, 0.1) is 17.8 Å². The average Bonchev–Trinajstić information content (AvgIpc) is 2.17. The lowest BCUT2D eigenvalue weighted by Crippen LogP contribution is -2.32. The Kier molecular flexibility index (Phi) is 2.92. The van der Waals surface area contributed by atoms with E-state index in [0.717, 1.165) is 30.6 Å². The van der Waals surface area contributed by atoms with Gasteiger partial charge in [0, 0.05) is 0 Å². The summed E-state index contributed by atoms with van der Waals surface area (Å²) in [5, 5.41) is 9.57. The molecule has 0 aromatic carbocycles. The molecule has 2 aliphatic rings. The van der Waals surface area contributed by atoms with Crippen molar-refractivity contribution in [3.05, 3.63) is 0 Å². The molecule has 0 radical (unpaired) electrons. The quantitative estimate of drug-likeness (QED) is 0.661. The van der Waals surface area contributed by atoms with Crippen molar-refractivity contribution in [1.82, 2.24) is 0 Å².